The van der Waals surface area contributed by atoms with Gasteiger partial charge in [0, 0.05) is 30.9 Å². The fourth-order valence-electron chi connectivity index (χ4n) is 2.38. The summed E-state index contributed by atoms with van der Waals surface area (Å²) in [5, 5.41) is 2.95. The molecule has 0 saturated heterocycles. The van der Waals surface area contributed by atoms with Crippen molar-refractivity contribution in [3.63, 3.8) is 0 Å². The smallest absolute Gasteiger partial charge is 0.244 e. The number of nitrogens with one attached hydrogen (secondary N) is 1. The van der Waals surface area contributed by atoms with E-state index >= 15 is 0 Å². The summed E-state index contributed by atoms with van der Waals surface area (Å²) in [6, 6.07) is 14.8. The van der Waals surface area contributed by atoms with Crippen LogP contribution in [0.1, 0.15) is 24.1 Å². The maximum Gasteiger partial charge on any atom is 0.244 e. The van der Waals surface area contributed by atoms with Crippen LogP contribution in [-0.4, -0.2) is 15.9 Å². The van der Waals surface area contributed by atoms with Crippen LogP contribution in [0.4, 0.5) is 0 Å². The largest absolute Gasteiger partial charge is 0.457 e. The highest BCUT2D eigenvalue weighted by Gasteiger charge is 2.09. The quantitative estimate of drug-likeness (QED) is 0.681. The zero-order valence-corrected chi connectivity index (χ0v) is 14.4. The minimum atomic E-state index is -0.158. The molecule has 1 aromatic carbocycles. The van der Waals surface area contributed by atoms with Crippen LogP contribution in [0.2, 0.25) is 0 Å². The van der Waals surface area contributed by atoms with E-state index in [1.54, 1.807) is 43.0 Å². The van der Waals surface area contributed by atoms with Gasteiger partial charge in [0.2, 0.25) is 5.91 Å². The van der Waals surface area contributed by atoms with Gasteiger partial charge in [0.1, 0.15) is 11.5 Å². The second kappa shape index (κ2) is 8.58. The Hall–Kier alpha value is -3.47. The van der Waals surface area contributed by atoms with Crippen molar-refractivity contribution in [3.05, 3.63) is 90.5 Å². The minimum absolute atomic E-state index is 0.148. The van der Waals surface area contributed by atoms with Crippen LogP contribution in [0, 0.1) is 0 Å². The minimum Gasteiger partial charge on any atom is -0.457 e. The van der Waals surface area contributed by atoms with E-state index in [2.05, 4.69) is 15.3 Å². The van der Waals surface area contributed by atoms with Crippen molar-refractivity contribution in [1.29, 1.82) is 0 Å². The van der Waals surface area contributed by atoms with E-state index in [4.69, 9.17) is 4.74 Å². The topological polar surface area (TPSA) is 64.1 Å². The molecule has 0 radical (unpaired) electrons. The fraction of sp³-hybridized carbons (Fsp3) is 0.0952. The Kier molecular flexibility index (Phi) is 5.72. The molecule has 0 aliphatic carbocycles. The highest BCUT2D eigenvalue weighted by molar-refractivity contribution is 5.91. The lowest BCUT2D eigenvalue weighted by Gasteiger charge is -2.14. The van der Waals surface area contributed by atoms with Crippen LogP contribution in [0.5, 0.6) is 11.5 Å². The van der Waals surface area contributed by atoms with Crippen molar-refractivity contribution in [2.24, 2.45) is 0 Å². The molecular formula is C21H19N3O2. The van der Waals surface area contributed by atoms with Crippen LogP contribution in [-0.2, 0) is 4.79 Å². The number of rotatable bonds is 6. The molecule has 3 rings (SSSR count). The maximum absolute atomic E-state index is 12.1. The normalized spacial score (nSPS) is 11.9. The Morgan fingerprint density at radius 3 is 2.42 bits per heavy atom. The van der Waals surface area contributed by atoms with Crippen molar-refractivity contribution in [2.75, 3.05) is 0 Å². The summed E-state index contributed by atoms with van der Waals surface area (Å²) in [7, 11) is 0. The average Bonchev–Trinajstić information content (AvgIpc) is 2.68. The second-order valence-corrected chi connectivity index (χ2v) is 5.70. The average molecular weight is 345 g/mol. The number of hydrogen-bond donors (Lipinski definition) is 1. The summed E-state index contributed by atoms with van der Waals surface area (Å²) < 4.78 is 5.81. The molecule has 3 aromatic rings. The van der Waals surface area contributed by atoms with E-state index in [9.17, 15) is 4.79 Å². The van der Waals surface area contributed by atoms with Crippen molar-refractivity contribution in [1.82, 2.24) is 15.3 Å². The number of carbonyl (C=O) groups excluding carboxylic acids is 1. The molecule has 0 spiro atoms. The van der Waals surface area contributed by atoms with E-state index in [-0.39, 0.29) is 11.9 Å². The summed E-state index contributed by atoms with van der Waals surface area (Å²) in [5.74, 6) is 1.27. The zero-order valence-electron chi connectivity index (χ0n) is 14.4. The standard InChI is InChI=1S/C21H19N3O2/c1-16(24-21(25)6-5-17-7-11-22-12-8-17)18-3-2-4-20(15-18)26-19-9-13-23-14-10-19/h2-16H,1H3,(H,24,25)/b6-5+. The Morgan fingerprint density at radius 1 is 1.00 bits per heavy atom. The molecule has 1 amide bonds. The molecule has 130 valence electrons. The van der Waals surface area contributed by atoms with Gasteiger partial charge < -0.3 is 10.1 Å². The van der Waals surface area contributed by atoms with Gasteiger partial charge in [-0.15, -0.1) is 0 Å². The third-order valence-electron chi connectivity index (χ3n) is 3.74. The predicted octanol–water partition coefficient (Wildman–Crippen LogP) is 4.16. The van der Waals surface area contributed by atoms with Gasteiger partial charge in [-0.2, -0.15) is 0 Å². The molecule has 1 atom stereocenters. The zero-order chi connectivity index (χ0) is 18.2. The third kappa shape index (κ3) is 5.01. The Morgan fingerprint density at radius 2 is 1.69 bits per heavy atom. The number of carbonyl (C=O) groups is 1. The van der Waals surface area contributed by atoms with E-state index in [1.807, 2.05) is 43.3 Å². The molecular weight excluding hydrogens is 326 g/mol. The van der Waals surface area contributed by atoms with Crippen LogP contribution < -0.4 is 10.1 Å². The number of aromatic nitrogens is 2. The first-order valence-electron chi connectivity index (χ1n) is 8.27. The van der Waals surface area contributed by atoms with Crippen molar-refractivity contribution in [3.8, 4) is 11.5 Å². The lowest BCUT2D eigenvalue weighted by Crippen LogP contribution is -2.24. The lowest BCUT2D eigenvalue weighted by atomic mass is 10.1. The molecule has 5 heteroatoms. The van der Waals surface area contributed by atoms with Crippen molar-refractivity contribution < 1.29 is 9.53 Å². The van der Waals surface area contributed by atoms with E-state index in [1.165, 1.54) is 6.08 Å². The van der Waals surface area contributed by atoms with Gasteiger partial charge >= 0.3 is 0 Å². The van der Waals surface area contributed by atoms with Crippen LogP contribution in [0.3, 0.4) is 0 Å². The Labute approximate surface area is 152 Å². The maximum atomic E-state index is 12.1. The molecule has 0 aliphatic heterocycles. The molecule has 0 saturated carbocycles. The second-order valence-electron chi connectivity index (χ2n) is 5.70. The number of benzene rings is 1. The molecule has 0 bridgehead atoms. The van der Waals surface area contributed by atoms with Crippen LogP contribution in [0.25, 0.3) is 6.08 Å². The number of ether oxygens (including phenoxy) is 1. The monoisotopic (exact) mass is 345 g/mol. The highest BCUT2D eigenvalue weighted by atomic mass is 16.5. The van der Waals surface area contributed by atoms with Crippen molar-refractivity contribution >= 4 is 12.0 Å². The summed E-state index contributed by atoms with van der Waals surface area (Å²) >= 11 is 0. The lowest BCUT2D eigenvalue weighted by molar-refractivity contribution is -0.117. The Balaban J connectivity index is 1.62. The number of pyridine rings is 2. The van der Waals surface area contributed by atoms with Crippen molar-refractivity contribution in [2.45, 2.75) is 13.0 Å². The third-order valence-corrected chi connectivity index (χ3v) is 3.74. The van der Waals surface area contributed by atoms with Gasteiger partial charge in [0.25, 0.3) is 0 Å². The fourth-order valence-corrected chi connectivity index (χ4v) is 2.38. The number of nitrogens with zero attached hydrogens (tertiary/aromatic N) is 2. The van der Waals surface area contributed by atoms with Gasteiger partial charge in [-0.25, -0.2) is 0 Å². The van der Waals surface area contributed by atoms with Gasteiger partial charge in [-0.3, -0.25) is 14.8 Å². The van der Waals surface area contributed by atoms with Gasteiger partial charge in [0.05, 0.1) is 6.04 Å². The summed E-state index contributed by atoms with van der Waals surface area (Å²) in [6.45, 7) is 1.93. The first kappa shape index (κ1) is 17.4. The van der Waals surface area contributed by atoms with Crippen LogP contribution in [0.15, 0.2) is 79.4 Å². The molecule has 0 aliphatic rings. The first-order chi connectivity index (χ1) is 12.7. The molecule has 1 unspecified atom stereocenters. The molecule has 2 aromatic heterocycles. The Bertz CT molecular complexity index is 880. The molecule has 5 nitrogen and oxygen atoms in total. The molecule has 0 fully saturated rings. The molecule has 2 heterocycles. The summed E-state index contributed by atoms with van der Waals surface area (Å²) in [4.78, 5) is 20.0. The summed E-state index contributed by atoms with van der Waals surface area (Å²) in [5.41, 5.74) is 1.89. The first-order valence-corrected chi connectivity index (χ1v) is 8.27. The van der Waals surface area contributed by atoms with E-state index in [0.717, 1.165) is 11.1 Å². The number of hydrogen-bond acceptors (Lipinski definition) is 4. The van der Waals surface area contributed by atoms with Crippen LogP contribution >= 0.6 is 0 Å². The van der Waals surface area contributed by atoms with Gasteiger partial charge in [-0.05, 0) is 60.5 Å². The predicted molar refractivity (Wildman–Crippen MR) is 101 cm³/mol. The number of amides is 1. The SMILES string of the molecule is CC(NC(=O)/C=C/c1ccncc1)c1cccc(Oc2ccncc2)c1. The summed E-state index contributed by atoms with van der Waals surface area (Å²) in [6.07, 6.45) is 10.0. The molecule has 1 N–H and O–H groups in total. The van der Waals surface area contributed by atoms with Gasteiger partial charge in [0.15, 0.2) is 0 Å². The van der Waals surface area contributed by atoms with E-state index < -0.39 is 0 Å². The van der Waals surface area contributed by atoms with E-state index in [0.29, 0.717) is 11.5 Å². The van der Waals surface area contributed by atoms with Gasteiger partial charge in [-0.1, -0.05) is 12.1 Å². The highest BCUT2D eigenvalue weighted by Crippen LogP contribution is 2.24. The molecule has 26 heavy (non-hydrogen) atoms.